The minimum atomic E-state index is -4.42. The van der Waals surface area contributed by atoms with Gasteiger partial charge in [-0.3, -0.25) is 15.2 Å². The summed E-state index contributed by atoms with van der Waals surface area (Å²) < 4.78 is 39.7. The number of anilines is 2. The van der Waals surface area contributed by atoms with Crippen molar-refractivity contribution in [3.8, 4) is 11.3 Å². The van der Waals surface area contributed by atoms with E-state index in [2.05, 4.69) is 20.2 Å². The lowest BCUT2D eigenvalue weighted by molar-refractivity contribution is -0.137. The molecule has 5 heterocycles. The molecule has 38 heavy (non-hydrogen) atoms. The number of benzene rings is 1. The zero-order valence-electron chi connectivity index (χ0n) is 20.6. The predicted octanol–water partition coefficient (Wildman–Crippen LogP) is 5.68. The number of carbonyl (C=O) groups excluding carboxylic acids is 1. The van der Waals surface area contributed by atoms with Crippen LogP contribution in [0.4, 0.5) is 29.5 Å². The van der Waals surface area contributed by atoms with Crippen LogP contribution in [0.15, 0.2) is 71.6 Å². The fourth-order valence-electron chi connectivity index (χ4n) is 5.33. The van der Waals surface area contributed by atoms with E-state index in [1.54, 1.807) is 29.5 Å². The van der Waals surface area contributed by atoms with Gasteiger partial charge in [0, 0.05) is 42.7 Å². The lowest BCUT2D eigenvalue weighted by Gasteiger charge is -2.36. The number of amides is 2. The number of hydrogen-bond donors (Lipinski definition) is 1. The van der Waals surface area contributed by atoms with Gasteiger partial charge in [0.25, 0.3) is 0 Å². The van der Waals surface area contributed by atoms with Gasteiger partial charge in [-0.1, -0.05) is 18.2 Å². The molecule has 0 aliphatic carbocycles. The molecular formula is C28H25F3N6O. The highest BCUT2D eigenvalue weighted by molar-refractivity contribution is 5.98. The van der Waals surface area contributed by atoms with Crippen LogP contribution in [0.5, 0.6) is 0 Å². The van der Waals surface area contributed by atoms with Gasteiger partial charge in [-0.2, -0.15) is 13.2 Å². The van der Waals surface area contributed by atoms with Gasteiger partial charge in [0.2, 0.25) is 0 Å². The molecule has 1 saturated heterocycles. The summed E-state index contributed by atoms with van der Waals surface area (Å²) in [6, 6.07) is 12.7. The third-order valence-electron chi connectivity index (χ3n) is 7.19. The van der Waals surface area contributed by atoms with Crippen molar-refractivity contribution in [2.24, 2.45) is 4.99 Å². The molecule has 6 rings (SSSR count). The summed E-state index contributed by atoms with van der Waals surface area (Å²) in [5, 5.41) is 2.88. The molecule has 2 aromatic heterocycles. The summed E-state index contributed by atoms with van der Waals surface area (Å²) >= 11 is 0. The Morgan fingerprint density at radius 2 is 2.00 bits per heavy atom. The molecule has 0 saturated carbocycles. The Morgan fingerprint density at radius 3 is 2.82 bits per heavy atom. The number of nitrogens with one attached hydrogen (secondary N) is 1. The van der Waals surface area contributed by atoms with Gasteiger partial charge in [-0.25, -0.2) is 14.8 Å². The molecule has 2 amide bonds. The second kappa shape index (κ2) is 9.27. The molecule has 7 nitrogen and oxygen atoms in total. The predicted molar refractivity (Wildman–Crippen MR) is 139 cm³/mol. The minimum absolute atomic E-state index is 0.0446. The summed E-state index contributed by atoms with van der Waals surface area (Å²) in [4.78, 5) is 31.0. The summed E-state index contributed by atoms with van der Waals surface area (Å²) in [7, 11) is 0. The number of nitrogens with zero attached hydrogens (tertiary/aromatic N) is 5. The average molecular weight is 519 g/mol. The molecule has 3 aliphatic heterocycles. The summed E-state index contributed by atoms with van der Waals surface area (Å²) in [6.07, 6.45) is 1.91. The molecule has 194 valence electrons. The number of allylic oxidation sites excluding steroid dienone is 1. The van der Waals surface area contributed by atoms with Gasteiger partial charge >= 0.3 is 12.2 Å². The van der Waals surface area contributed by atoms with E-state index in [4.69, 9.17) is 4.98 Å². The van der Waals surface area contributed by atoms with E-state index < -0.39 is 11.7 Å². The molecular weight excluding hydrogens is 493 g/mol. The van der Waals surface area contributed by atoms with Crippen LogP contribution in [0.1, 0.15) is 35.6 Å². The summed E-state index contributed by atoms with van der Waals surface area (Å²) in [6.45, 7) is 3.46. The van der Waals surface area contributed by atoms with Crippen LogP contribution in [0.3, 0.4) is 0 Å². The van der Waals surface area contributed by atoms with Crippen molar-refractivity contribution in [1.82, 2.24) is 15.3 Å². The van der Waals surface area contributed by atoms with Crippen molar-refractivity contribution in [2.45, 2.75) is 37.9 Å². The third kappa shape index (κ3) is 4.51. The van der Waals surface area contributed by atoms with Crippen molar-refractivity contribution in [3.05, 3.63) is 83.4 Å². The van der Waals surface area contributed by atoms with Crippen LogP contribution < -0.4 is 15.1 Å². The molecule has 1 aromatic carbocycles. The SMILES string of the molecule is Cc1cc(-c2ccc3c(n2)N(C(=O)NC2=CC(c4cccc(C(F)(F)F)c4)CC=N2)[C@H]2CCN3C2)ccn1. The Balaban J connectivity index is 1.28. The molecule has 2 atom stereocenters. The number of aliphatic imine (C=N–C) groups is 1. The van der Waals surface area contributed by atoms with Gasteiger partial charge in [-0.05, 0) is 61.7 Å². The van der Waals surface area contributed by atoms with Crippen LogP contribution in [-0.2, 0) is 6.18 Å². The van der Waals surface area contributed by atoms with E-state index in [0.29, 0.717) is 30.2 Å². The van der Waals surface area contributed by atoms with E-state index >= 15 is 0 Å². The maximum absolute atomic E-state index is 13.6. The largest absolute Gasteiger partial charge is 0.416 e. The fraction of sp³-hybridized carbons (Fsp3) is 0.286. The average Bonchev–Trinajstić information content (AvgIpc) is 3.32. The number of pyridine rings is 2. The summed E-state index contributed by atoms with van der Waals surface area (Å²) in [5.74, 6) is 0.560. The molecule has 3 aliphatic rings. The monoisotopic (exact) mass is 518 g/mol. The van der Waals surface area contributed by atoms with Gasteiger partial charge < -0.3 is 4.90 Å². The number of hydrogen-bond acceptors (Lipinski definition) is 5. The first-order chi connectivity index (χ1) is 18.3. The van der Waals surface area contributed by atoms with Crippen molar-refractivity contribution in [2.75, 3.05) is 22.9 Å². The van der Waals surface area contributed by atoms with Crippen LogP contribution in [0.25, 0.3) is 11.3 Å². The van der Waals surface area contributed by atoms with Gasteiger partial charge in [-0.15, -0.1) is 0 Å². The molecule has 1 fully saturated rings. The first-order valence-electron chi connectivity index (χ1n) is 12.5. The second-order valence-corrected chi connectivity index (χ2v) is 9.74. The number of carbonyl (C=O) groups is 1. The molecule has 0 spiro atoms. The van der Waals surface area contributed by atoms with Gasteiger partial charge in [0.1, 0.15) is 5.82 Å². The van der Waals surface area contributed by atoms with Crippen molar-refractivity contribution < 1.29 is 18.0 Å². The number of halogens is 3. The van der Waals surface area contributed by atoms with Crippen LogP contribution in [0, 0.1) is 6.92 Å². The quantitative estimate of drug-likeness (QED) is 0.484. The minimum Gasteiger partial charge on any atom is -0.366 e. The number of rotatable bonds is 3. The maximum Gasteiger partial charge on any atom is 0.416 e. The fourth-order valence-corrected chi connectivity index (χ4v) is 5.33. The number of alkyl halides is 3. The van der Waals surface area contributed by atoms with Crippen LogP contribution in [0.2, 0.25) is 0 Å². The highest BCUT2D eigenvalue weighted by atomic mass is 19.4. The van der Waals surface area contributed by atoms with E-state index in [0.717, 1.165) is 47.7 Å². The first kappa shape index (κ1) is 24.1. The van der Waals surface area contributed by atoms with Gasteiger partial charge in [0.05, 0.1) is 23.0 Å². The molecule has 10 heteroatoms. The highest BCUT2D eigenvalue weighted by Crippen LogP contribution is 2.40. The normalized spacial score (nSPS) is 20.3. The maximum atomic E-state index is 13.6. The number of urea groups is 1. The standard InChI is InChI=1S/C28H25F3N6O/c1-17-13-20(8-10-32-17)23-5-6-24-26(34-23)37(22-9-12-36(24)16-22)27(38)35-25-15-19(7-11-33-25)18-3-2-4-21(14-18)28(29,30)31/h2-6,8,10-11,13-15,19,22H,7,9,12,16H2,1H3,(H,35,38)/t19?,22-/m0/s1. The number of fused-ring (bicyclic) bond motifs is 4. The first-order valence-corrected chi connectivity index (χ1v) is 12.5. The van der Waals surface area contributed by atoms with E-state index in [1.807, 2.05) is 31.2 Å². The molecule has 1 N–H and O–H groups in total. The zero-order chi connectivity index (χ0) is 26.4. The van der Waals surface area contributed by atoms with Crippen molar-refractivity contribution in [1.29, 1.82) is 0 Å². The summed E-state index contributed by atoms with van der Waals surface area (Å²) in [5.41, 5.74) is 3.25. The highest BCUT2D eigenvalue weighted by Gasteiger charge is 2.40. The molecule has 2 bridgehead atoms. The molecule has 3 aromatic rings. The smallest absolute Gasteiger partial charge is 0.366 e. The van der Waals surface area contributed by atoms with Gasteiger partial charge in [0.15, 0.2) is 5.82 Å². The van der Waals surface area contributed by atoms with E-state index in [-0.39, 0.29) is 18.0 Å². The topological polar surface area (TPSA) is 73.7 Å². The number of aromatic nitrogens is 2. The van der Waals surface area contributed by atoms with E-state index in [1.165, 1.54) is 6.07 Å². The Morgan fingerprint density at radius 1 is 1.13 bits per heavy atom. The van der Waals surface area contributed by atoms with E-state index in [9.17, 15) is 18.0 Å². The lowest BCUT2D eigenvalue weighted by Crippen LogP contribution is -2.50. The molecule has 1 unspecified atom stereocenters. The van der Waals surface area contributed by atoms with Crippen molar-refractivity contribution in [3.63, 3.8) is 0 Å². The van der Waals surface area contributed by atoms with Crippen LogP contribution in [-0.4, -0.2) is 41.3 Å². The Labute approximate surface area is 217 Å². The lowest BCUT2D eigenvalue weighted by atomic mass is 9.93. The Kier molecular flexibility index (Phi) is 5.89. The third-order valence-corrected chi connectivity index (χ3v) is 7.19. The van der Waals surface area contributed by atoms with Crippen LogP contribution >= 0.6 is 0 Å². The number of aryl methyl sites for hydroxylation is 1. The zero-order valence-corrected chi connectivity index (χ0v) is 20.6. The second-order valence-electron chi connectivity index (χ2n) is 9.74. The Bertz CT molecular complexity index is 1470. The van der Waals surface area contributed by atoms with Crippen molar-refractivity contribution >= 4 is 23.8 Å². The molecule has 0 radical (unpaired) electrons. The Hall–Kier alpha value is -4.21.